The first kappa shape index (κ1) is 15.5. The van der Waals surface area contributed by atoms with Gasteiger partial charge in [0.15, 0.2) is 11.3 Å². The molecule has 0 radical (unpaired) electrons. The lowest BCUT2D eigenvalue weighted by Gasteiger charge is -2.13. The summed E-state index contributed by atoms with van der Waals surface area (Å²) < 4.78 is 41.5. The Kier molecular flexibility index (Phi) is 3.28. The molecule has 0 unspecified atom stereocenters. The van der Waals surface area contributed by atoms with Crippen molar-refractivity contribution in [2.24, 2.45) is 5.73 Å². The maximum Gasteiger partial charge on any atom is 0.434 e. The molecule has 24 heavy (non-hydrogen) atoms. The highest BCUT2D eigenvalue weighted by atomic mass is 19.4. The maximum atomic E-state index is 13.3. The lowest BCUT2D eigenvalue weighted by atomic mass is 10.2. The topological polar surface area (TPSA) is 116 Å². The molecule has 3 rings (SSSR count). The summed E-state index contributed by atoms with van der Waals surface area (Å²) in [5.74, 6) is -2.71. The zero-order valence-corrected chi connectivity index (χ0v) is 11.7. The average molecular weight is 339 g/mol. The summed E-state index contributed by atoms with van der Waals surface area (Å²) in [7, 11) is 0. The molecule has 0 aliphatic heterocycles. The number of halogens is 3. The molecular formula is C13H8F3N5O3. The van der Waals surface area contributed by atoms with Gasteiger partial charge in [-0.3, -0.25) is 9.20 Å². The zero-order valence-electron chi connectivity index (χ0n) is 11.7. The molecule has 8 nitrogen and oxygen atoms in total. The number of nitrogens with zero attached hydrogens (tertiary/aromatic N) is 4. The van der Waals surface area contributed by atoms with Crippen molar-refractivity contribution in [3.8, 4) is 5.82 Å². The quantitative estimate of drug-likeness (QED) is 0.747. The van der Waals surface area contributed by atoms with Crippen LogP contribution in [0.1, 0.15) is 26.4 Å². The fourth-order valence-electron chi connectivity index (χ4n) is 2.32. The van der Waals surface area contributed by atoms with Crippen LogP contribution < -0.4 is 5.73 Å². The Balaban J connectivity index is 2.34. The largest absolute Gasteiger partial charge is 0.478 e. The molecule has 11 heteroatoms. The second kappa shape index (κ2) is 5.08. The Morgan fingerprint density at radius 2 is 1.92 bits per heavy atom. The minimum Gasteiger partial charge on any atom is -0.478 e. The van der Waals surface area contributed by atoms with Gasteiger partial charge >= 0.3 is 12.1 Å². The minimum atomic E-state index is -4.96. The number of pyridine rings is 1. The molecule has 1 amide bonds. The highest BCUT2D eigenvalue weighted by molar-refractivity contribution is 5.98. The van der Waals surface area contributed by atoms with Crippen molar-refractivity contribution >= 4 is 17.5 Å². The number of alkyl halides is 3. The summed E-state index contributed by atoms with van der Waals surface area (Å²) in [6.07, 6.45) is -1.78. The Hall–Kier alpha value is -3.37. The van der Waals surface area contributed by atoms with Crippen LogP contribution in [0.15, 0.2) is 30.7 Å². The molecule has 0 saturated carbocycles. The number of carbonyl (C=O) groups excluding carboxylic acids is 1. The molecule has 0 fully saturated rings. The number of amides is 1. The molecule has 3 N–H and O–H groups in total. The summed E-state index contributed by atoms with van der Waals surface area (Å²) in [6, 6.07) is 2.37. The number of rotatable bonds is 3. The first-order valence-corrected chi connectivity index (χ1v) is 6.36. The average Bonchev–Trinajstić information content (AvgIpc) is 3.12. The number of hydrogen-bond donors (Lipinski definition) is 2. The van der Waals surface area contributed by atoms with Gasteiger partial charge in [-0.15, -0.1) is 0 Å². The standard InChI is InChI=1S/C13H8F3N5O3/c14-13(15,16)9-7(12(23)24)5-19-21(9)8-2-1-6(10(17)22)11-18-3-4-20(8)11/h1-5H,(H2,17,22)(H,23,24). The van der Waals surface area contributed by atoms with Crippen LogP contribution in [-0.4, -0.2) is 36.1 Å². The summed E-state index contributed by atoms with van der Waals surface area (Å²) in [4.78, 5) is 26.3. The van der Waals surface area contributed by atoms with Crippen molar-refractivity contribution in [3.63, 3.8) is 0 Å². The Labute approximate surface area is 130 Å². The maximum absolute atomic E-state index is 13.3. The molecule has 3 aromatic heterocycles. The van der Waals surface area contributed by atoms with Gasteiger partial charge in [-0.2, -0.15) is 18.3 Å². The number of carbonyl (C=O) groups is 2. The fraction of sp³-hybridized carbons (Fsp3) is 0.0769. The van der Waals surface area contributed by atoms with Gasteiger partial charge in [0, 0.05) is 12.4 Å². The third-order valence-electron chi connectivity index (χ3n) is 3.28. The molecule has 0 aromatic carbocycles. The molecule has 3 heterocycles. The van der Waals surface area contributed by atoms with Gasteiger partial charge in [0.25, 0.3) is 5.91 Å². The fourth-order valence-corrected chi connectivity index (χ4v) is 2.32. The van der Waals surface area contributed by atoms with Crippen LogP contribution in [0.4, 0.5) is 13.2 Å². The predicted octanol–water partition coefficient (Wildman–Crippen LogP) is 1.34. The van der Waals surface area contributed by atoms with Gasteiger partial charge in [-0.05, 0) is 12.1 Å². The van der Waals surface area contributed by atoms with Crippen LogP contribution >= 0.6 is 0 Å². The van der Waals surface area contributed by atoms with E-state index in [9.17, 15) is 22.8 Å². The van der Waals surface area contributed by atoms with Crippen molar-refractivity contribution in [1.82, 2.24) is 19.2 Å². The number of fused-ring (bicyclic) bond motifs is 1. The number of carboxylic acid groups (broad SMARTS) is 1. The van der Waals surface area contributed by atoms with E-state index >= 15 is 0 Å². The number of primary amides is 1. The molecule has 0 atom stereocenters. The monoisotopic (exact) mass is 339 g/mol. The highest BCUT2D eigenvalue weighted by Crippen LogP contribution is 2.33. The SMILES string of the molecule is NC(=O)c1ccc(-n2ncc(C(=O)O)c2C(F)(F)F)n2ccnc12. The first-order chi connectivity index (χ1) is 11.2. The molecule has 124 valence electrons. The van der Waals surface area contributed by atoms with Gasteiger partial charge in [0.1, 0.15) is 11.4 Å². The lowest BCUT2D eigenvalue weighted by Crippen LogP contribution is -2.19. The van der Waals surface area contributed by atoms with Crippen LogP contribution in [0.3, 0.4) is 0 Å². The van der Waals surface area contributed by atoms with E-state index in [0.29, 0.717) is 10.9 Å². The number of imidazole rings is 1. The first-order valence-electron chi connectivity index (χ1n) is 6.36. The molecular weight excluding hydrogens is 331 g/mol. The summed E-state index contributed by atoms with van der Waals surface area (Å²) in [5, 5.41) is 12.5. The molecule has 0 aliphatic carbocycles. The van der Waals surface area contributed by atoms with E-state index in [0.717, 1.165) is 4.40 Å². The molecule has 0 bridgehead atoms. The van der Waals surface area contributed by atoms with Gasteiger partial charge in [-0.25, -0.2) is 14.5 Å². The van der Waals surface area contributed by atoms with Crippen molar-refractivity contribution in [1.29, 1.82) is 0 Å². The smallest absolute Gasteiger partial charge is 0.434 e. The van der Waals surface area contributed by atoms with Gasteiger partial charge < -0.3 is 10.8 Å². The third-order valence-corrected chi connectivity index (χ3v) is 3.28. The van der Waals surface area contributed by atoms with E-state index in [1.165, 1.54) is 24.5 Å². The Morgan fingerprint density at radius 1 is 1.21 bits per heavy atom. The number of nitrogens with two attached hydrogens (primary N) is 1. The van der Waals surface area contributed by atoms with Crippen LogP contribution in [0, 0.1) is 0 Å². The molecule has 0 aliphatic rings. The second-order valence-electron chi connectivity index (χ2n) is 4.71. The van der Waals surface area contributed by atoms with Gasteiger partial charge in [0.05, 0.1) is 11.8 Å². The van der Waals surface area contributed by atoms with Gasteiger partial charge in [0.2, 0.25) is 0 Å². The van der Waals surface area contributed by atoms with Crippen LogP contribution in [0.2, 0.25) is 0 Å². The summed E-state index contributed by atoms with van der Waals surface area (Å²) >= 11 is 0. The molecule has 3 aromatic rings. The number of carboxylic acids is 1. The third kappa shape index (κ3) is 2.26. The van der Waals surface area contributed by atoms with Crippen LogP contribution in [0.5, 0.6) is 0 Å². The van der Waals surface area contributed by atoms with Gasteiger partial charge in [-0.1, -0.05) is 0 Å². The molecule has 0 saturated heterocycles. The van der Waals surface area contributed by atoms with E-state index in [4.69, 9.17) is 10.8 Å². The van der Waals surface area contributed by atoms with E-state index in [1.54, 1.807) is 0 Å². The van der Waals surface area contributed by atoms with E-state index < -0.39 is 29.3 Å². The second-order valence-corrected chi connectivity index (χ2v) is 4.71. The van der Waals surface area contributed by atoms with Crippen molar-refractivity contribution in [2.45, 2.75) is 6.18 Å². The molecule has 0 spiro atoms. The zero-order chi connectivity index (χ0) is 17.6. The number of aromatic nitrogens is 4. The summed E-state index contributed by atoms with van der Waals surface area (Å²) in [5.41, 5.74) is 2.79. The minimum absolute atomic E-state index is 0.00271. The summed E-state index contributed by atoms with van der Waals surface area (Å²) in [6.45, 7) is 0. The van der Waals surface area contributed by atoms with Crippen molar-refractivity contribution in [2.75, 3.05) is 0 Å². The normalized spacial score (nSPS) is 11.8. The predicted molar refractivity (Wildman–Crippen MR) is 72.8 cm³/mol. The number of aromatic carboxylic acids is 1. The van der Waals surface area contributed by atoms with Crippen LogP contribution in [0.25, 0.3) is 11.5 Å². The van der Waals surface area contributed by atoms with Crippen molar-refractivity contribution in [3.05, 3.63) is 47.5 Å². The van der Waals surface area contributed by atoms with E-state index in [2.05, 4.69) is 10.1 Å². The highest BCUT2D eigenvalue weighted by Gasteiger charge is 2.41. The Bertz CT molecular complexity index is 973. The van der Waals surface area contributed by atoms with E-state index in [1.807, 2.05) is 0 Å². The number of hydrogen-bond acceptors (Lipinski definition) is 4. The Morgan fingerprint density at radius 3 is 2.50 bits per heavy atom. The van der Waals surface area contributed by atoms with E-state index in [-0.39, 0.29) is 17.0 Å². The lowest BCUT2D eigenvalue weighted by molar-refractivity contribution is -0.143. The van der Waals surface area contributed by atoms with Crippen molar-refractivity contribution < 1.29 is 27.9 Å². The van der Waals surface area contributed by atoms with Crippen LogP contribution in [-0.2, 0) is 6.18 Å².